The molecular formula is C19H18N4S. The third kappa shape index (κ3) is 2.47. The smallest absolute Gasteiger partial charge is 0.152 e. The molecule has 0 aliphatic rings. The van der Waals surface area contributed by atoms with E-state index in [1.54, 1.807) is 11.3 Å². The SMILES string of the molecule is Cc1cc(C)c2c(N)c(-c3nccn3Cc3ccccc3)sc2n1. The molecule has 120 valence electrons. The molecule has 3 aromatic heterocycles. The Morgan fingerprint density at radius 2 is 1.96 bits per heavy atom. The molecule has 0 fully saturated rings. The minimum Gasteiger partial charge on any atom is -0.397 e. The predicted octanol–water partition coefficient (Wildman–Crippen LogP) is 4.41. The number of hydrogen-bond donors (Lipinski definition) is 1. The highest BCUT2D eigenvalue weighted by atomic mass is 32.1. The van der Waals surface area contributed by atoms with Gasteiger partial charge in [0, 0.05) is 30.0 Å². The van der Waals surface area contributed by atoms with Crippen molar-refractivity contribution in [3.8, 4) is 10.7 Å². The number of pyridine rings is 1. The van der Waals surface area contributed by atoms with Gasteiger partial charge in [-0.1, -0.05) is 30.3 Å². The summed E-state index contributed by atoms with van der Waals surface area (Å²) in [6.07, 6.45) is 3.82. The zero-order valence-corrected chi connectivity index (χ0v) is 14.5. The van der Waals surface area contributed by atoms with Gasteiger partial charge in [0.2, 0.25) is 0 Å². The Bertz CT molecular complexity index is 1010. The van der Waals surface area contributed by atoms with E-state index in [0.29, 0.717) is 0 Å². The highest BCUT2D eigenvalue weighted by Crippen LogP contribution is 2.40. The number of thiophene rings is 1. The summed E-state index contributed by atoms with van der Waals surface area (Å²) >= 11 is 1.62. The van der Waals surface area contributed by atoms with Gasteiger partial charge in [0.25, 0.3) is 0 Å². The summed E-state index contributed by atoms with van der Waals surface area (Å²) in [5.74, 6) is 0.899. The molecule has 3 heterocycles. The zero-order valence-electron chi connectivity index (χ0n) is 13.7. The van der Waals surface area contributed by atoms with Crippen LogP contribution in [0.2, 0.25) is 0 Å². The van der Waals surface area contributed by atoms with Gasteiger partial charge in [-0.15, -0.1) is 11.3 Å². The molecule has 0 saturated heterocycles. The lowest BCUT2D eigenvalue weighted by Crippen LogP contribution is -2.01. The van der Waals surface area contributed by atoms with Crippen LogP contribution in [0.25, 0.3) is 20.9 Å². The number of nitrogens with zero attached hydrogens (tertiary/aromatic N) is 3. The third-order valence-electron chi connectivity index (χ3n) is 4.14. The molecule has 4 nitrogen and oxygen atoms in total. The Labute approximate surface area is 144 Å². The maximum Gasteiger partial charge on any atom is 0.152 e. The Morgan fingerprint density at radius 1 is 1.17 bits per heavy atom. The van der Waals surface area contributed by atoms with Crippen molar-refractivity contribution in [1.82, 2.24) is 14.5 Å². The molecule has 0 radical (unpaired) electrons. The fourth-order valence-corrected chi connectivity index (χ4v) is 4.29. The number of benzene rings is 1. The average Bonchev–Trinajstić information content (AvgIpc) is 3.12. The number of nitrogens with two attached hydrogens (primary N) is 1. The fourth-order valence-electron chi connectivity index (χ4n) is 3.06. The van der Waals surface area contributed by atoms with Gasteiger partial charge in [-0.3, -0.25) is 0 Å². The zero-order chi connectivity index (χ0) is 16.7. The Kier molecular flexibility index (Phi) is 3.58. The van der Waals surface area contributed by atoms with E-state index in [2.05, 4.69) is 51.8 Å². The molecule has 24 heavy (non-hydrogen) atoms. The number of nitrogen functional groups attached to an aromatic ring is 1. The van der Waals surface area contributed by atoms with Crippen molar-refractivity contribution in [3.05, 3.63) is 65.6 Å². The van der Waals surface area contributed by atoms with Crippen molar-refractivity contribution in [2.24, 2.45) is 0 Å². The molecule has 0 saturated carbocycles. The minimum absolute atomic E-state index is 0.773. The summed E-state index contributed by atoms with van der Waals surface area (Å²) in [5.41, 5.74) is 10.7. The van der Waals surface area contributed by atoms with Gasteiger partial charge < -0.3 is 10.3 Å². The molecule has 4 aromatic rings. The minimum atomic E-state index is 0.773. The van der Waals surface area contributed by atoms with E-state index < -0.39 is 0 Å². The van der Waals surface area contributed by atoms with Crippen LogP contribution >= 0.6 is 11.3 Å². The van der Waals surface area contributed by atoms with Crippen molar-refractivity contribution < 1.29 is 0 Å². The number of anilines is 1. The first-order valence-electron chi connectivity index (χ1n) is 7.85. The van der Waals surface area contributed by atoms with Gasteiger partial charge in [-0.05, 0) is 31.0 Å². The van der Waals surface area contributed by atoms with Crippen molar-refractivity contribution >= 4 is 27.2 Å². The summed E-state index contributed by atoms with van der Waals surface area (Å²) in [6.45, 7) is 4.87. The highest BCUT2D eigenvalue weighted by molar-refractivity contribution is 7.22. The molecular weight excluding hydrogens is 316 g/mol. The van der Waals surface area contributed by atoms with Crippen LogP contribution in [0.15, 0.2) is 48.8 Å². The second-order valence-corrected chi connectivity index (χ2v) is 6.97. The van der Waals surface area contributed by atoms with Crippen LogP contribution in [-0.4, -0.2) is 14.5 Å². The van der Waals surface area contributed by atoms with Gasteiger partial charge >= 0.3 is 0 Å². The molecule has 4 rings (SSSR count). The highest BCUT2D eigenvalue weighted by Gasteiger charge is 2.18. The van der Waals surface area contributed by atoms with Gasteiger partial charge in [0.05, 0.1) is 10.6 Å². The van der Waals surface area contributed by atoms with Crippen molar-refractivity contribution in [2.45, 2.75) is 20.4 Å². The first-order valence-corrected chi connectivity index (χ1v) is 8.67. The number of fused-ring (bicyclic) bond motifs is 1. The maximum absolute atomic E-state index is 6.46. The Morgan fingerprint density at radius 3 is 2.75 bits per heavy atom. The predicted molar refractivity (Wildman–Crippen MR) is 100 cm³/mol. The topological polar surface area (TPSA) is 56.7 Å². The molecule has 2 N–H and O–H groups in total. The van der Waals surface area contributed by atoms with E-state index in [1.165, 1.54) is 11.1 Å². The van der Waals surface area contributed by atoms with Gasteiger partial charge in [-0.2, -0.15) is 0 Å². The van der Waals surface area contributed by atoms with Gasteiger partial charge in [0.15, 0.2) is 5.82 Å². The number of aromatic nitrogens is 3. The van der Waals surface area contributed by atoms with E-state index in [4.69, 9.17) is 5.73 Å². The molecule has 0 spiro atoms. The standard InChI is InChI=1S/C19H18N4S/c1-12-10-13(2)22-19-15(12)16(20)17(24-19)18-21-8-9-23(18)11-14-6-4-3-5-7-14/h3-10H,11,20H2,1-2H3. The van der Waals surface area contributed by atoms with E-state index in [-0.39, 0.29) is 0 Å². The molecule has 0 aliphatic carbocycles. The summed E-state index contributed by atoms with van der Waals surface area (Å²) in [5, 5.41) is 1.05. The fraction of sp³-hybridized carbons (Fsp3) is 0.158. The lowest BCUT2D eigenvalue weighted by atomic mass is 10.1. The summed E-state index contributed by atoms with van der Waals surface area (Å²) in [6, 6.07) is 12.4. The third-order valence-corrected chi connectivity index (χ3v) is 5.23. The Balaban J connectivity index is 1.83. The first-order chi connectivity index (χ1) is 11.6. The van der Waals surface area contributed by atoms with Gasteiger partial charge in [0.1, 0.15) is 4.83 Å². The van der Waals surface area contributed by atoms with Gasteiger partial charge in [-0.25, -0.2) is 9.97 Å². The molecule has 5 heteroatoms. The normalized spacial score (nSPS) is 11.2. The lowest BCUT2D eigenvalue weighted by Gasteiger charge is -2.07. The van der Waals surface area contributed by atoms with Crippen LogP contribution in [0.1, 0.15) is 16.8 Å². The molecule has 0 amide bonds. The maximum atomic E-state index is 6.46. The first kappa shape index (κ1) is 14.9. The quantitative estimate of drug-likeness (QED) is 0.604. The number of aryl methyl sites for hydroxylation is 2. The van der Waals surface area contributed by atoms with E-state index in [9.17, 15) is 0 Å². The summed E-state index contributed by atoms with van der Waals surface area (Å²) in [7, 11) is 0. The van der Waals surface area contributed by atoms with Crippen LogP contribution in [0, 0.1) is 13.8 Å². The van der Waals surface area contributed by atoms with E-state index >= 15 is 0 Å². The molecule has 0 atom stereocenters. The van der Waals surface area contributed by atoms with Crippen molar-refractivity contribution in [3.63, 3.8) is 0 Å². The molecule has 1 aromatic carbocycles. The largest absolute Gasteiger partial charge is 0.397 e. The second-order valence-electron chi connectivity index (χ2n) is 5.97. The van der Waals surface area contributed by atoms with Crippen molar-refractivity contribution in [2.75, 3.05) is 5.73 Å². The average molecular weight is 334 g/mol. The molecule has 0 aliphatic heterocycles. The molecule has 0 bridgehead atoms. The summed E-state index contributed by atoms with van der Waals surface area (Å²) < 4.78 is 2.14. The second kappa shape index (κ2) is 5.76. The van der Waals surface area contributed by atoms with Crippen LogP contribution in [0.4, 0.5) is 5.69 Å². The number of imidazole rings is 1. The van der Waals surface area contributed by atoms with Crippen LogP contribution in [0.5, 0.6) is 0 Å². The molecule has 0 unspecified atom stereocenters. The van der Waals surface area contributed by atoms with Crippen LogP contribution < -0.4 is 5.73 Å². The van der Waals surface area contributed by atoms with E-state index in [0.717, 1.165) is 38.8 Å². The Hall–Kier alpha value is -2.66. The van der Waals surface area contributed by atoms with Crippen LogP contribution in [-0.2, 0) is 6.54 Å². The van der Waals surface area contributed by atoms with E-state index in [1.807, 2.05) is 25.4 Å². The lowest BCUT2D eigenvalue weighted by molar-refractivity contribution is 0.809. The van der Waals surface area contributed by atoms with Crippen LogP contribution in [0.3, 0.4) is 0 Å². The van der Waals surface area contributed by atoms with Crippen molar-refractivity contribution in [1.29, 1.82) is 0 Å². The number of hydrogen-bond acceptors (Lipinski definition) is 4. The summed E-state index contributed by atoms with van der Waals surface area (Å²) in [4.78, 5) is 11.2. The monoisotopic (exact) mass is 334 g/mol. The number of rotatable bonds is 3.